The van der Waals surface area contributed by atoms with Crippen LogP contribution in [0.15, 0.2) is 47.4 Å². The number of nitrogens with one attached hydrogen (secondary N) is 1. The molecule has 2 atom stereocenters. The van der Waals surface area contributed by atoms with Crippen LogP contribution in [0.4, 0.5) is 0 Å². The standard InChI is InChI=1S/C24H27Cl2N3O5S/c1-4-15(2)27-23(31)16(3)28(14-18-19(25)9-7-10-20(18)26)22(30)12-13-29-24(32)17-8-5-6-11-21(17)35(29,33)34/h5-11,15-16H,4,12-14H2,1-3H3,(H,27,31)/t15-,16-/m0/s1. The van der Waals surface area contributed by atoms with Gasteiger partial charge >= 0.3 is 0 Å². The first-order valence-corrected chi connectivity index (χ1v) is 13.4. The minimum absolute atomic E-state index is 0.0621. The third-order valence-corrected chi connectivity index (χ3v) is 8.55. The molecule has 0 aliphatic carbocycles. The molecule has 35 heavy (non-hydrogen) atoms. The van der Waals surface area contributed by atoms with Gasteiger partial charge in [-0.05, 0) is 44.5 Å². The maximum absolute atomic E-state index is 13.3. The molecule has 1 aliphatic heterocycles. The molecule has 1 aliphatic rings. The highest BCUT2D eigenvalue weighted by atomic mass is 35.5. The van der Waals surface area contributed by atoms with Crippen molar-refractivity contribution in [3.63, 3.8) is 0 Å². The third kappa shape index (κ3) is 5.63. The van der Waals surface area contributed by atoms with Gasteiger partial charge in [-0.3, -0.25) is 14.4 Å². The molecule has 1 N–H and O–H groups in total. The molecule has 3 rings (SSSR count). The lowest BCUT2D eigenvalue weighted by molar-refractivity contribution is -0.140. The summed E-state index contributed by atoms with van der Waals surface area (Å²) >= 11 is 12.6. The van der Waals surface area contributed by atoms with Crippen molar-refractivity contribution in [2.24, 2.45) is 0 Å². The maximum atomic E-state index is 13.3. The molecule has 8 nitrogen and oxygen atoms in total. The van der Waals surface area contributed by atoms with Crippen LogP contribution in [-0.2, 0) is 26.2 Å². The Morgan fingerprint density at radius 2 is 1.69 bits per heavy atom. The summed E-state index contributed by atoms with van der Waals surface area (Å²) in [5.41, 5.74) is 0.533. The molecule has 11 heteroatoms. The number of nitrogens with zero attached hydrogens (tertiary/aromatic N) is 2. The van der Waals surface area contributed by atoms with Crippen molar-refractivity contribution < 1.29 is 22.8 Å². The van der Waals surface area contributed by atoms with E-state index in [0.717, 1.165) is 0 Å². The second-order valence-electron chi connectivity index (χ2n) is 8.34. The van der Waals surface area contributed by atoms with E-state index in [-0.39, 0.29) is 41.9 Å². The number of benzene rings is 2. The number of amides is 3. The predicted octanol–water partition coefficient (Wildman–Crippen LogP) is 3.86. The Kier molecular flexibility index (Phi) is 8.46. The molecular weight excluding hydrogens is 513 g/mol. The van der Waals surface area contributed by atoms with Gasteiger partial charge in [-0.15, -0.1) is 0 Å². The maximum Gasteiger partial charge on any atom is 0.269 e. The van der Waals surface area contributed by atoms with E-state index in [1.54, 1.807) is 31.2 Å². The fourth-order valence-electron chi connectivity index (χ4n) is 3.69. The Labute approximate surface area is 215 Å². The summed E-state index contributed by atoms with van der Waals surface area (Å²) < 4.78 is 26.4. The third-order valence-electron chi connectivity index (χ3n) is 6.00. The minimum Gasteiger partial charge on any atom is -0.352 e. The summed E-state index contributed by atoms with van der Waals surface area (Å²) in [6.45, 7) is 4.93. The Morgan fingerprint density at radius 1 is 1.06 bits per heavy atom. The van der Waals surface area contributed by atoms with Crippen LogP contribution in [0.3, 0.4) is 0 Å². The summed E-state index contributed by atoms with van der Waals surface area (Å²) in [6, 6.07) is 9.83. The van der Waals surface area contributed by atoms with Gasteiger partial charge in [0, 0.05) is 41.2 Å². The lowest BCUT2D eigenvalue weighted by Crippen LogP contribution is -2.50. The second-order valence-corrected chi connectivity index (χ2v) is 11.0. The average molecular weight is 540 g/mol. The molecule has 0 bridgehead atoms. The number of hydrogen-bond acceptors (Lipinski definition) is 5. The first-order valence-electron chi connectivity index (χ1n) is 11.2. The highest BCUT2D eigenvalue weighted by Crippen LogP contribution is 2.31. The van der Waals surface area contributed by atoms with E-state index < -0.39 is 27.9 Å². The number of carbonyl (C=O) groups is 3. The smallest absolute Gasteiger partial charge is 0.269 e. The van der Waals surface area contributed by atoms with E-state index >= 15 is 0 Å². The fraction of sp³-hybridized carbons (Fsp3) is 0.375. The normalized spacial score (nSPS) is 15.9. The van der Waals surface area contributed by atoms with Crippen LogP contribution < -0.4 is 5.32 Å². The first-order chi connectivity index (χ1) is 16.5. The zero-order valence-electron chi connectivity index (χ0n) is 19.6. The number of rotatable bonds is 9. The van der Waals surface area contributed by atoms with Crippen LogP contribution in [-0.4, -0.2) is 54.0 Å². The van der Waals surface area contributed by atoms with Gasteiger partial charge in [0.25, 0.3) is 15.9 Å². The van der Waals surface area contributed by atoms with Gasteiger partial charge in [-0.25, -0.2) is 12.7 Å². The van der Waals surface area contributed by atoms with Gasteiger partial charge < -0.3 is 10.2 Å². The summed E-state index contributed by atoms with van der Waals surface area (Å²) in [5.74, 6) is -1.57. The van der Waals surface area contributed by atoms with Crippen molar-refractivity contribution >= 4 is 50.9 Å². The van der Waals surface area contributed by atoms with Gasteiger partial charge in [0.1, 0.15) is 10.9 Å². The summed E-state index contributed by atoms with van der Waals surface area (Å²) in [7, 11) is -4.05. The molecule has 0 saturated heterocycles. The number of hydrogen-bond donors (Lipinski definition) is 1. The molecule has 2 aromatic rings. The van der Waals surface area contributed by atoms with Crippen LogP contribution in [0.5, 0.6) is 0 Å². The van der Waals surface area contributed by atoms with Crippen LogP contribution >= 0.6 is 23.2 Å². The van der Waals surface area contributed by atoms with Gasteiger partial charge in [0.2, 0.25) is 11.8 Å². The van der Waals surface area contributed by atoms with E-state index in [2.05, 4.69) is 5.32 Å². The number of sulfonamides is 1. The Bertz CT molecular complexity index is 1230. The van der Waals surface area contributed by atoms with Crippen molar-refractivity contribution in [1.82, 2.24) is 14.5 Å². The van der Waals surface area contributed by atoms with E-state index in [1.165, 1.54) is 23.1 Å². The summed E-state index contributed by atoms with van der Waals surface area (Å²) in [5, 5.41) is 3.51. The van der Waals surface area contributed by atoms with Crippen LogP contribution in [0.1, 0.15) is 49.5 Å². The number of halogens is 2. The zero-order chi connectivity index (χ0) is 25.9. The molecule has 0 unspecified atom stereocenters. The van der Waals surface area contributed by atoms with Crippen LogP contribution in [0.25, 0.3) is 0 Å². The SMILES string of the molecule is CC[C@H](C)NC(=O)[C@H](C)N(Cc1c(Cl)cccc1Cl)C(=O)CCN1C(=O)c2ccccc2S1(=O)=O. The van der Waals surface area contributed by atoms with Gasteiger partial charge in [-0.1, -0.05) is 48.3 Å². The topological polar surface area (TPSA) is 104 Å². The van der Waals surface area contributed by atoms with Gasteiger partial charge in [0.15, 0.2) is 0 Å². The molecule has 3 amide bonds. The van der Waals surface area contributed by atoms with Crippen molar-refractivity contribution in [2.45, 2.75) is 57.1 Å². The van der Waals surface area contributed by atoms with Crippen molar-refractivity contribution in [3.8, 4) is 0 Å². The first kappa shape index (κ1) is 27.0. The monoisotopic (exact) mass is 539 g/mol. The second kappa shape index (κ2) is 11.0. The van der Waals surface area contributed by atoms with E-state index in [0.29, 0.717) is 26.3 Å². The van der Waals surface area contributed by atoms with Crippen LogP contribution in [0.2, 0.25) is 10.0 Å². The zero-order valence-corrected chi connectivity index (χ0v) is 22.0. The molecule has 0 radical (unpaired) electrons. The fourth-order valence-corrected chi connectivity index (χ4v) is 5.78. The van der Waals surface area contributed by atoms with Crippen molar-refractivity contribution in [2.75, 3.05) is 6.54 Å². The van der Waals surface area contributed by atoms with Gasteiger partial charge in [-0.2, -0.15) is 0 Å². The van der Waals surface area contributed by atoms with Gasteiger partial charge in [0.05, 0.1) is 5.56 Å². The molecule has 0 aromatic heterocycles. The molecule has 2 aromatic carbocycles. The lowest BCUT2D eigenvalue weighted by Gasteiger charge is -2.30. The molecule has 1 heterocycles. The van der Waals surface area contributed by atoms with Crippen molar-refractivity contribution in [3.05, 3.63) is 63.6 Å². The number of carbonyl (C=O) groups excluding carboxylic acids is 3. The Morgan fingerprint density at radius 3 is 2.29 bits per heavy atom. The molecule has 0 spiro atoms. The predicted molar refractivity (Wildman–Crippen MR) is 134 cm³/mol. The summed E-state index contributed by atoms with van der Waals surface area (Å²) in [6.07, 6.45) is 0.389. The Hall–Kier alpha value is -2.62. The van der Waals surface area contributed by atoms with E-state index in [4.69, 9.17) is 23.2 Å². The molecule has 0 fully saturated rings. The van der Waals surface area contributed by atoms with Crippen LogP contribution in [0, 0.1) is 0 Å². The van der Waals surface area contributed by atoms with Crippen molar-refractivity contribution in [1.29, 1.82) is 0 Å². The molecular formula is C24H27Cl2N3O5S. The Balaban J connectivity index is 1.84. The molecule has 0 saturated carbocycles. The number of fused-ring (bicyclic) bond motifs is 1. The highest BCUT2D eigenvalue weighted by molar-refractivity contribution is 7.90. The quantitative estimate of drug-likeness (QED) is 0.520. The minimum atomic E-state index is -4.05. The molecule has 188 valence electrons. The highest BCUT2D eigenvalue weighted by Gasteiger charge is 2.41. The summed E-state index contributed by atoms with van der Waals surface area (Å²) in [4.78, 5) is 40.1. The average Bonchev–Trinajstić information content (AvgIpc) is 3.02. The van der Waals surface area contributed by atoms with E-state index in [9.17, 15) is 22.8 Å². The van der Waals surface area contributed by atoms with E-state index in [1.807, 2.05) is 13.8 Å². The lowest BCUT2D eigenvalue weighted by atomic mass is 10.1. The largest absolute Gasteiger partial charge is 0.352 e.